The van der Waals surface area contributed by atoms with E-state index in [1.54, 1.807) is 13.1 Å². The van der Waals surface area contributed by atoms with E-state index in [0.29, 0.717) is 43.7 Å². The molecule has 2 aromatic rings. The predicted molar refractivity (Wildman–Crippen MR) is 123 cm³/mol. The van der Waals surface area contributed by atoms with Crippen LogP contribution in [0.3, 0.4) is 0 Å². The van der Waals surface area contributed by atoms with Gasteiger partial charge < -0.3 is 14.4 Å². The molecule has 0 atom stereocenters. The average molecular weight is 436 g/mol. The number of rotatable bonds is 7. The summed E-state index contributed by atoms with van der Waals surface area (Å²) in [4.78, 5) is 22.0. The second kappa shape index (κ2) is 10.6. The average Bonchev–Trinajstić information content (AvgIpc) is 2.82. The van der Waals surface area contributed by atoms with Gasteiger partial charge >= 0.3 is 0 Å². The van der Waals surface area contributed by atoms with Crippen molar-refractivity contribution in [3.05, 3.63) is 77.0 Å². The molecule has 0 N–H and O–H groups in total. The fourth-order valence-corrected chi connectivity index (χ4v) is 4.46. The second-order valence-electron chi connectivity index (χ2n) is 8.78. The minimum absolute atomic E-state index is 0.0895. The number of carbonyl (C=O) groups excluding carboxylic acids is 1. The van der Waals surface area contributed by atoms with Crippen LogP contribution in [0.5, 0.6) is 0 Å². The minimum Gasteiger partial charge on any atom is -0.491 e. The Labute approximate surface area is 190 Å². The topological polar surface area (TPSA) is 54.9 Å². The molecule has 1 aromatic heterocycles. The number of nitrogens with zero attached hydrogens (tertiary/aromatic N) is 3. The molecule has 3 heterocycles. The fraction of sp³-hybridized carbons (Fsp3) is 0.462. The number of aryl methyl sites for hydroxylation is 1. The van der Waals surface area contributed by atoms with Crippen LogP contribution in [0.2, 0.25) is 0 Å². The van der Waals surface area contributed by atoms with E-state index in [9.17, 15) is 4.79 Å². The Balaban J connectivity index is 1.40. The molecule has 32 heavy (non-hydrogen) atoms. The van der Waals surface area contributed by atoms with Gasteiger partial charge in [-0.2, -0.15) is 0 Å². The zero-order valence-electron chi connectivity index (χ0n) is 19.1. The Kier molecular flexibility index (Phi) is 7.43. The number of ether oxygens (including phenoxy) is 2. The summed E-state index contributed by atoms with van der Waals surface area (Å²) < 4.78 is 11.3. The maximum absolute atomic E-state index is 13.4. The minimum atomic E-state index is -0.0895. The molecule has 1 fully saturated rings. The zero-order valence-corrected chi connectivity index (χ0v) is 19.1. The van der Waals surface area contributed by atoms with Gasteiger partial charge in [0.05, 0.1) is 0 Å². The van der Waals surface area contributed by atoms with E-state index in [-0.39, 0.29) is 5.91 Å². The highest BCUT2D eigenvalue weighted by atomic mass is 16.6. The summed E-state index contributed by atoms with van der Waals surface area (Å²) in [5.41, 5.74) is 3.77. The third kappa shape index (κ3) is 5.68. The lowest BCUT2D eigenvalue weighted by atomic mass is 9.95. The molecule has 1 amide bonds. The Morgan fingerprint density at radius 2 is 1.88 bits per heavy atom. The van der Waals surface area contributed by atoms with Crippen LogP contribution >= 0.6 is 0 Å². The number of hydrogen-bond donors (Lipinski definition) is 0. The highest BCUT2D eigenvalue weighted by Crippen LogP contribution is 2.24. The smallest absolute Gasteiger partial charge is 0.292 e. The fourth-order valence-electron chi connectivity index (χ4n) is 4.46. The van der Waals surface area contributed by atoms with Crippen LogP contribution in [0.1, 0.15) is 36.5 Å². The van der Waals surface area contributed by atoms with Gasteiger partial charge in [-0.1, -0.05) is 30.3 Å². The Hall–Kier alpha value is -2.86. The van der Waals surface area contributed by atoms with E-state index in [1.807, 2.05) is 23.2 Å². The lowest BCUT2D eigenvalue weighted by Gasteiger charge is -2.35. The summed E-state index contributed by atoms with van der Waals surface area (Å²) in [6.45, 7) is 9.22. The van der Waals surface area contributed by atoms with Crippen LogP contribution < -0.4 is 0 Å². The van der Waals surface area contributed by atoms with Gasteiger partial charge in [-0.15, -0.1) is 0 Å². The Morgan fingerprint density at radius 1 is 1.09 bits per heavy atom. The third-order valence-electron chi connectivity index (χ3n) is 6.39. The lowest BCUT2D eigenvalue weighted by molar-refractivity contribution is -0.134. The third-order valence-corrected chi connectivity index (χ3v) is 6.39. The molecule has 6 nitrogen and oxygen atoms in total. The molecule has 1 aromatic carbocycles. The van der Waals surface area contributed by atoms with E-state index < -0.39 is 0 Å². The summed E-state index contributed by atoms with van der Waals surface area (Å²) >= 11 is 0. The summed E-state index contributed by atoms with van der Waals surface area (Å²) in [6, 6.07) is 12.5. The summed E-state index contributed by atoms with van der Waals surface area (Å²) in [5.74, 6) is 1.30. The number of piperidine rings is 1. The number of carbonyl (C=O) groups is 1. The molecule has 0 saturated carbocycles. The molecule has 0 bridgehead atoms. The summed E-state index contributed by atoms with van der Waals surface area (Å²) in [7, 11) is 0. The van der Waals surface area contributed by atoms with E-state index >= 15 is 0 Å². The number of aromatic nitrogens is 1. The van der Waals surface area contributed by atoms with E-state index in [2.05, 4.69) is 41.1 Å². The number of benzene rings is 1. The molecule has 4 rings (SSSR count). The van der Waals surface area contributed by atoms with Crippen LogP contribution in [0, 0.1) is 12.8 Å². The molecular formula is C26H33N3O3. The van der Waals surface area contributed by atoms with Gasteiger partial charge in [0.2, 0.25) is 5.76 Å². The first-order valence-corrected chi connectivity index (χ1v) is 11.5. The van der Waals surface area contributed by atoms with Gasteiger partial charge in [0.25, 0.3) is 5.91 Å². The summed E-state index contributed by atoms with van der Waals surface area (Å²) in [5, 5.41) is 0. The molecular weight excluding hydrogens is 402 g/mol. The van der Waals surface area contributed by atoms with Crippen molar-refractivity contribution in [2.75, 3.05) is 32.8 Å². The van der Waals surface area contributed by atoms with Crippen LogP contribution in [0.4, 0.5) is 0 Å². The number of pyridine rings is 1. The quantitative estimate of drug-likeness (QED) is 0.660. The van der Waals surface area contributed by atoms with E-state index in [0.717, 1.165) is 38.0 Å². The van der Waals surface area contributed by atoms with Crippen molar-refractivity contribution in [1.82, 2.24) is 14.8 Å². The zero-order chi connectivity index (χ0) is 22.3. The molecule has 170 valence electrons. The molecule has 0 radical (unpaired) electrons. The van der Waals surface area contributed by atoms with Crippen LogP contribution in [-0.2, 0) is 27.4 Å². The molecule has 2 aliphatic heterocycles. The van der Waals surface area contributed by atoms with Crippen LogP contribution in [0.25, 0.3) is 0 Å². The number of likely N-dealkylation sites (tertiary alicyclic amines) is 1. The monoisotopic (exact) mass is 435 g/mol. The predicted octanol–water partition coefficient (Wildman–Crippen LogP) is 3.91. The second-order valence-corrected chi connectivity index (χ2v) is 8.78. The molecule has 2 aliphatic rings. The highest BCUT2D eigenvalue weighted by molar-refractivity contribution is 5.92. The highest BCUT2D eigenvalue weighted by Gasteiger charge is 2.29. The number of amides is 1. The van der Waals surface area contributed by atoms with E-state index in [4.69, 9.17) is 9.47 Å². The lowest BCUT2D eigenvalue weighted by Crippen LogP contribution is -2.41. The normalized spacial score (nSPS) is 17.6. The molecule has 0 aliphatic carbocycles. The summed E-state index contributed by atoms with van der Waals surface area (Å²) in [6.07, 6.45) is 5.74. The van der Waals surface area contributed by atoms with Crippen molar-refractivity contribution in [2.24, 2.45) is 5.92 Å². The van der Waals surface area contributed by atoms with Gasteiger partial charge in [0.1, 0.15) is 19.0 Å². The molecule has 6 heteroatoms. The maximum atomic E-state index is 13.4. The van der Waals surface area contributed by atoms with Gasteiger partial charge in [-0.05, 0) is 68.5 Å². The van der Waals surface area contributed by atoms with Gasteiger partial charge in [-0.3, -0.25) is 14.7 Å². The Morgan fingerprint density at radius 3 is 2.59 bits per heavy atom. The molecule has 1 saturated heterocycles. The first-order chi connectivity index (χ1) is 15.6. The maximum Gasteiger partial charge on any atom is 0.292 e. The van der Waals surface area contributed by atoms with E-state index in [1.165, 1.54) is 11.1 Å². The van der Waals surface area contributed by atoms with Crippen molar-refractivity contribution >= 4 is 5.91 Å². The van der Waals surface area contributed by atoms with Gasteiger partial charge in [-0.25, -0.2) is 0 Å². The standard InChI is InChI=1S/C26H33N3O3/c1-20-6-3-4-8-24(20)19-28-12-9-22(10-13-28)17-29(18-23-7-5-11-27-16-23)26(30)25-21(2)31-14-15-32-25/h3-8,11,16,22H,9-10,12-15,17-19H2,1-2H3. The van der Waals surface area contributed by atoms with Crippen molar-refractivity contribution in [3.8, 4) is 0 Å². The first kappa shape index (κ1) is 22.3. The van der Waals surface area contributed by atoms with Crippen LogP contribution in [0.15, 0.2) is 60.3 Å². The van der Waals surface area contributed by atoms with Gasteiger partial charge in [0, 0.05) is 32.0 Å². The largest absolute Gasteiger partial charge is 0.491 e. The number of allylic oxidation sites excluding steroid dienone is 1. The molecule has 0 unspecified atom stereocenters. The SMILES string of the molecule is CC1=C(C(=O)N(Cc2cccnc2)CC2CCN(Cc3ccccc3C)CC2)OCCO1. The van der Waals surface area contributed by atoms with Crippen molar-refractivity contribution < 1.29 is 14.3 Å². The molecule has 0 spiro atoms. The van der Waals surface area contributed by atoms with Crippen molar-refractivity contribution in [3.63, 3.8) is 0 Å². The first-order valence-electron chi connectivity index (χ1n) is 11.5. The van der Waals surface area contributed by atoms with Crippen molar-refractivity contribution in [2.45, 2.75) is 39.8 Å². The number of hydrogen-bond acceptors (Lipinski definition) is 5. The van der Waals surface area contributed by atoms with Crippen LogP contribution in [-0.4, -0.2) is 53.5 Å². The van der Waals surface area contributed by atoms with Crippen molar-refractivity contribution in [1.29, 1.82) is 0 Å². The Bertz CT molecular complexity index is 936. The van der Waals surface area contributed by atoms with Gasteiger partial charge in [0.15, 0.2) is 0 Å².